The Morgan fingerprint density at radius 3 is 2.52 bits per heavy atom. The zero-order valence-corrected chi connectivity index (χ0v) is 27.9. The number of amides is 4. The highest BCUT2D eigenvalue weighted by Crippen LogP contribution is 2.39. The van der Waals surface area contributed by atoms with Gasteiger partial charge in [0.15, 0.2) is 5.82 Å². The lowest BCUT2D eigenvalue weighted by Crippen LogP contribution is -2.44. The molecule has 50 heavy (non-hydrogen) atoms. The molecule has 0 bridgehead atoms. The molecule has 4 N–H and O–H groups in total. The van der Waals surface area contributed by atoms with Crippen molar-refractivity contribution in [2.75, 3.05) is 29.3 Å². The van der Waals surface area contributed by atoms with Gasteiger partial charge in [0.25, 0.3) is 5.91 Å². The van der Waals surface area contributed by atoms with Gasteiger partial charge < -0.3 is 10.4 Å². The van der Waals surface area contributed by atoms with Crippen LogP contribution in [-0.2, 0) is 36.4 Å². The molecule has 1 aromatic heterocycles. The predicted molar refractivity (Wildman–Crippen MR) is 180 cm³/mol. The van der Waals surface area contributed by atoms with E-state index in [1.807, 2.05) is 25.1 Å². The number of fused-ring (bicyclic) bond motifs is 2. The van der Waals surface area contributed by atoms with Crippen molar-refractivity contribution in [3.8, 4) is 5.75 Å². The van der Waals surface area contributed by atoms with Crippen LogP contribution in [0.4, 0.5) is 15.8 Å². The number of hydrogen-bond donors (Lipinski definition) is 4. The second-order valence-electron chi connectivity index (χ2n) is 13.0. The van der Waals surface area contributed by atoms with Crippen LogP contribution in [-0.4, -0.2) is 76.9 Å². The summed E-state index contributed by atoms with van der Waals surface area (Å²) in [5.74, 6) is -3.52. The van der Waals surface area contributed by atoms with Gasteiger partial charge in [-0.05, 0) is 86.0 Å². The maximum absolute atomic E-state index is 15.4. The Labute approximate surface area is 284 Å². The maximum atomic E-state index is 15.4. The van der Waals surface area contributed by atoms with Crippen LogP contribution in [0.5, 0.6) is 5.75 Å². The quantitative estimate of drug-likeness (QED) is 0.216. The third kappa shape index (κ3) is 5.75. The van der Waals surface area contributed by atoms with Gasteiger partial charge in [0.2, 0.25) is 17.7 Å². The van der Waals surface area contributed by atoms with E-state index in [9.17, 15) is 37.5 Å². The van der Waals surface area contributed by atoms with Gasteiger partial charge in [0.1, 0.15) is 24.0 Å². The number of anilines is 2. The van der Waals surface area contributed by atoms with Gasteiger partial charge in [0.05, 0.1) is 17.6 Å². The van der Waals surface area contributed by atoms with E-state index in [1.165, 1.54) is 33.4 Å². The van der Waals surface area contributed by atoms with E-state index in [-0.39, 0.29) is 59.6 Å². The van der Waals surface area contributed by atoms with Crippen LogP contribution in [0.25, 0.3) is 21.8 Å². The molecular formula is C33H34FN7O8S. The Bertz CT molecular complexity index is 2300. The highest BCUT2D eigenvalue weighted by Gasteiger charge is 2.38. The molecule has 4 aromatic rings. The largest absolute Gasteiger partial charge is 0.506 e. The molecule has 3 saturated heterocycles. The van der Waals surface area contributed by atoms with E-state index in [2.05, 4.69) is 15.5 Å². The Morgan fingerprint density at radius 2 is 1.82 bits per heavy atom. The molecule has 17 heteroatoms. The summed E-state index contributed by atoms with van der Waals surface area (Å²) in [6.45, 7) is 2.10. The van der Waals surface area contributed by atoms with Gasteiger partial charge in [-0.3, -0.25) is 38.5 Å². The van der Waals surface area contributed by atoms with Crippen LogP contribution in [0.2, 0.25) is 0 Å². The molecule has 4 amide bonds. The SMILES string of the molecule is C[C@H]1CC(c2ccc3c(c2)n(C)c(=O)n3C2CCC(=O)NC2=O)CCN1CC(=O)Nc1ccc2c(F)c(N3CC(=O)NS3(=O)=O)c(O)cc2c1. The molecule has 262 valence electrons. The molecule has 15 nitrogen and oxygen atoms in total. The first kappa shape index (κ1) is 33.2. The van der Waals surface area contributed by atoms with Gasteiger partial charge in [-0.1, -0.05) is 6.07 Å². The first-order valence-corrected chi connectivity index (χ1v) is 17.5. The van der Waals surface area contributed by atoms with Crippen molar-refractivity contribution in [2.45, 2.75) is 50.6 Å². The number of likely N-dealkylation sites (tertiary alicyclic amines) is 1. The Morgan fingerprint density at radius 1 is 1.04 bits per heavy atom. The van der Waals surface area contributed by atoms with Crippen molar-refractivity contribution in [1.29, 1.82) is 0 Å². The fraction of sp³-hybridized carbons (Fsp3) is 0.364. The fourth-order valence-corrected chi connectivity index (χ4v) is 8.47. The number of phenols is 1. The lowest BCUT2D eigenvalue weighted by Gasteiger charge is -2.37. The number of halogens is 1. The molecular weight excluding hydrogens is 673 g/mol. The van der Waals surface area contributed by atoms with E-state index in [0.717, 1.165) is 18.4 Å². The average molecular weight is 708 g/mol. The van der Waals surface area contributed by atoms with E-state index >= 15 is 4.39 Å². The minimum Gasteiger partial charge on any atom is -0.506 e. The number of aryl methyl sites for hydroxylation is 1. The van der Waals surface area contributed by atoms with E-state index in [0.29, 0.717) is 27.6 Å². The summed E-state index contributed by atoms with van der Waals surface area (Å²) in [5, 5.41) is 15.9. The average Bonchev–Trinajstić information content (AvgIpc) is 3.46. The minimum atomic E-state index is -4.35. The summed E-state index contributed by atoms with van der Waals surface area (Å²) in [7, 11) is -2.68. The molecule has 3 aliphatic heterocycles. The van der Waals surface area contributed by atoms with Gasteiger partial charge in [-0.15, -0.1) is 0 Å². The second-order valence-corrected chi connectivity index (χ2v) is 14.6. The third-order valence-corrected chi connectivity index (χ3v) is 11.2. The maximum Gasteiger partial charge on any atom is 0.329 e. The van der Waals surface area contributed by atoms with Crippen molar-refractivity contribution in [1.82, 2.24) is 24.1 Å². The zero-order chi connectivity index (χ0) is 35.6. The zero-order valence-electron chi connectivity index (χ0n) is 27.1. The summed E-state index contributed by atoms with van der Waals surface area (Å²) in [6.07, 6.45) is 1.94. The number of aromatic nitrogens is 2. The molecule has 2 unspecified atom stereocenters. The first-order valence-electron chi connectivity index (χ1n) is 16.1. The van der Waals surface area contributed by atoms with Gasteiger partial charge in [-0.25, -0.2) is 18.2 Å². The van der Waals surface area contributed by atoms with Gasteiger partial charge in [-0.2, -0.15) is 8.42 Å². The van der Waals surface area contributed by atoms with Crippen LogP contribution >= 0.6 is 0 Å². The number of rotatable bonds is 6. The number of phenolic OH excluding ortho intramolecular Hbond substituents is 1. The Balaban J connectivity index is 1.02. The standard InChI is InChI=1S/C33H34FN7O8S/c1-17-11-19(18-3-6-23-25(13-18)38(2)33(47)41(23)24-7-8-27(43)36-32(24)46)9-10-39(17)15-28(44)35-21-4-5-22-20(12-21)14-26(42)31(30(22)34)40-16-29(45)37-50(40,48)49/h3-6,12-14,17,19,24,42H,7-11,15-16H2,1-2H3,(H,35,44)(H,37,45)(H,36,43,46)/t17-,19?,24?/m0/s1. The molecule has 3 aliphatic rings. The van der Waals surface area contributed by atoms with E-state index in [4.69, 9.17) is 0 Å². The van der Waals surface area contributed by atoms with Crippen LogP contribution in [0.1, 0.15) is 50.1 Å². The normalized spacial score (nSPS) is 22.6. The summed E-state index contributed by atoms with van der Waals surface area (Å²) in [6, 6.07) is 10.5. The van der Waals surface area contributed by atoms with Crippen molar-refractivity contribution in [3.05, 3.63) is 64.3 Å². The van der Waals surface area contributed by atoms with Crippen LogP contribution < -0.4 is 25.4 Å². The molecule has 0 spiro atoms. The molecule has 0 saturated carbocycles. The number of nitrogens with zero attached hydrogens (tertiary/aromatic N) is 4. The van der Waals surface area contributed by atoms with Gasteiger partial charge in [0, 0.05) is 30.6 Å². The number of carbonyl (C=O) groups excluding carboxylic acids is 4. The number of piperidine rings is 2. The Hall–Kier alpha value is -5.29. The lowest BCUT2D eigenvalue weighted by atomic mass is 9.85. The number of aromatic hydroxyl groups is 1. The molecule has 7 rings (SSSR count). The second kappa shape index (κ2) is 12.2. The predicted octanol–water partition coefficient (Wildman–Crippen LogP) is 1.70. The van der Waals surface area contributed by atoms with E-state index < -0.39 is 51.9 Å². The number of benzene rings is 3. The number of imidazole rings is 1. The number of imide groups is 1. The van der Waals surface area contributed by atoms with Crippen molar-refractivity contribution in [2.24, 2.45) is 7.05 Å². The topological polar surface area (TPSA) is 192 Å². The lowest BCUT2D eigenvalue weighted by molar-refractivity contribution is -0.135. The van der Waals surface area contributed by atoms with Crippen molar-refractivity contribution >= 4 is 67.0 Å². The van der Waals surface area contributed by atoms with Crippen molar-refractivity contribution < 1.29 is 37.1 Å². The van der Waals surface area contributed by atoms with Crippen LogP contribution in [0.15, 0.2) is 47.3 Å². The Kier molecular flexibility index (Phi) is 8.13. The first-order chi connectivity index (χ1) is 23.7. The third-order valence-electron chi connectivity index (χ3n) is 9.85. The van der Waals surface area contributed by atoms with Crippen LogP contribution in [0.3, 0.4) is 0 Å². The van der Waals surface area contributed by atoms with Gasteiger partial charge >= 0.3 is 15.9 Å². The molecule has 4 heterocycles. The summed E-state index contributed by atoms with van der Waals surface area (Å²) in [4.78, 5) is 64.2. The molecule has 3 atom stereocenters. The minimum absolute atomic E-state index is 0.00756. The smallest absolute Gasteiger partial charge is 0.329 e. The van der Waals surface area contributed by atoms with Crippen LogP contribution in [0, 0.1) is 5.82 Å². The van der Waals surface area contributed by atoms with E-state index in [1.54, 1.807) is 11.8 Å². The summed E-state index contributed by atoms with van der Waals surface area (Å²) >= 11 is 0. The molecule has 3 fully saturated rings. The summed E-state index contributed by atoms with van der Waals surface area (Å²) < 4.78 is 45.1. The number of hydrogen-bond acceptors (Lipinski definition) is 9. The summed E-state index contributed by atoms with van der Waals surface area (Å²) in [5.41, 5.74) is 1.75. The monoisotopic (exact) mass is 707 g/mol. The number of nitrogens with one attached hydrogen (secondary N) is 3. The molecule has 0 radical (unpaired) electrons. The number of carbonyl (C=O) groups is 4. The molecule has 3 aromatic carbocycles. The molecule has 0 aliphatic carbocycles. The highest BCUT2D eigenvalue weighted by atomic mass is 32.2. The fourth-order valence-electron chi connectivity index (χ4n) is 7.31. The van der Waals surface area contributed by atoms with Crippen molar-refractivity contribution in [3.63, 3.8) is 0 Å². The highest BCUT2D eigenvalue weighted by molar-refractivity contribution is 7.92.